The first-order valence-corrected chi connectivity index (χ1v) is 6.34. The maximum absolute atomic E-state index is 11.2. The molecule has 100 valence electrons. The minimum atomic E-state index is -1.12. The van der Waals surface area contributed by atoms with Crippen LogP contribution in [0.2, 0.25) is 0 Å². The van der Waals surface area contributed by atoms with Crippen molar-refractivity contribution in [1.29, 1.82) is 0 Å². The highest BCUT2D eigenvalue weighted by Gasteiger charge is 2.21. The molecule has 3 aromatic rings. The summed E-state index contributed by atoms with van der Waals surface area (Å²) in [6.45, 7) is 0. The lowest BCUT2D eigenvalue weighted by molar-refractivity contribution is 0.0694. The van der Waals surface area contributed by atoms with Crippen molar-refractivity contribution in [2.75, 3.05) is 0 Å². The third-order valence-electron chi connectivity index (χ3n) is 2.48. The molecule has 0 radical (unpaired) electrons. The van der Waals surface area contributed by atoms with Crippen molar-refractivity contribution in [3.8, 4) is 16.8 Å². The van der Waals surface area contributed by atoms with E-state index in [4.69, 9.17) is 4.74 Å². The molecule has 0 saturated heterocycles. The Balaban J connectivity index is 2.09. The molecular weight excluding hydrogens is 280 g/mol. The molecule has 0 unspecified atom stereocenters. The molecule has 0 aliphatic heterocycles. The maximum Gasteiger partial charge on any atom is 0.342 e. The van der Waals surface area contributed by atoms with Gasteiger partial charge in [0, 0.05) is 11.5 Å². The Morgan fingerprint density at radius 3 is 2.75 bits per heavy atom. The van der Waals surface area contributed by atoms with Gasteiger partial charge in [-0.2, -0.15) is 19.1 Å². The molecule has 2 aromatic heterocycles. The van der Waals surface area contributed by atoms with Gasteiger partial charge in [-0.05, 0) is 12.1 Å². The lowest BCUT2D eigenvalue weighted by Gasteiger charge is -2.07. The van der Waals surface area contributed by atoms with Gasteiger partial charge in [-0.15, -0.1) is 0 Å². The molecule has 8 heteroatoms. The van der Waals surface area contributed by atoms with Crippen LogP contribution in [0, 0.1) is 0 Å². The number of carboxylic acid groups (broad SMARTS) is 1. The number of para-hydroxylation sites is 1. The molecule has 1 N–H and O–H groups in total. The van der Waals surface area contributed by atoms with Crippen LogP contribution in [0.3, 0.4) is 0 Å². The standard InChI is InChI=1S/C12H8N4O3S/c17-11(18)9-6-14-16(8-4-2-1-3-5-8)10(9)19-12-13-7-15-20-12/h1-7H,(H,17,18). The third kappa shape index (κ3) is 2.24. The van der Waals surface area contributed by atoms with E-state index in [1.54, 1.807) is 12.1 Å². The molecule has 0 aliphatic carbocycles. The summed E-state index contributed by atoms with van der Waals surface area (Å²) in [7, 11) is 0. The summed E-state index contributed by atoms with van der Waals surface area (Å²) in [6.07, 6.45) is 2.58. The van der Waals surface area contributed by atoms with Gasteiger partial charge < -0.3 is 9.84 Å². The summed E-state index contributed by atoms with van der Waals surface area (Å²) in [5, 5.41) is 13.5. The lowest BCUT2D eigenvalue weighted by atomic mass is 10.3. The molecule has 0 atom stereocenters. The summed E-state index contributed by atoms with van der Waals surface area (Å²) in [5.41, 5.74) is 0.656. The van der Waals surface area contributed by atoms with Crippen LogP contribution < -0.4 is 4.74 Å². The van der Waals surface area contributed by atoms with Gasteiger partial charge in [-0.25, -0.2) is 4.79 Å². The zero-order chi connectivity index (χ0) is 13.9. The van der Waals surface area contributed by atoms with E-state index in [1.165, 1.54) is 17.2 Å². The van der Waals surface area contributed by atoms with Gasteiger partial charge >= 0.3 is 5.97 Å². The molecule has 1 aromatic carbocycles. The van der Waals surface area contributed by atoms with E-state index in [2.05, 4.69) is 14.5 Å². The van der Waals surface area contributed by atoms with Crippen LogP contribution in [0.15, 0.2) is 42.9 Å². The summed E-state index contributed by atoms with van der Waals surface area (Å²) in [4.78, 5) is 15.1. The highest BCUT2D eigenvalue weighted by atomic mass is 32.1. The fraction of sp³-hybridized carbons (Fsp3) is 0. The van der Waals surface area contributed by atoms with Gasteiger partial charge in [0.2, 0.25) is 5.88 Å². The quantitative estimate of drug-likeness (QED) is 0.791. The van der Waals surface area contributed by atoms with Crippen LogP contribution in [0.25, 0.3) is 5.69 Å². The van der Waals surface area contributed by atoms with Crippen LogP contribution in [0.1, 0.15) is 10.4 Å². The molecule has 0 spiro atoms. The number of nitrogens with zero attached hydrogens (tertiary/aromatic N) is 4. The van der Waals surface area contributed by atoms with E-state index >= 15 is 0 Å². The van der Waals surface area contributed by atoms with Crippen molar-refractivity contribution in [3.63, 3.8) is 0 Å². The number of aromatic nitrogens is 4. The Hall–Kier alpha value is -2.74. The van der Waals surface area contributed by atoms with Crippen LogP contribution in [0.4, 0.5) is 0 Å². The summed E-state index contributed by atoms with van der Waals surface area (Å²) >= 11 is 1.03. The van der Waals surface area contributed by atoms with Crippen molar-refractivity contribution in [1.82, 2.24) is 19.1 Å². The minimum absolute atomic E-state index is 0.0379. The molecular formula is C12H8N4O3S. The van der Waals surface area contributed by atoms with Crippen LogP contribution >= 0.6 is 11.5 Å². The normalized spacial score (nSPS) is 10.4. The number of hydrogen-bond donors (Lipinski definition) is 1. The van der Waals surface area contributed by atoms with Gasteiger partial charge in [0.15, 0.2) is 0 Å². The number of benzene rings is 1. The Bertz CT molecular complexity index is 725. The predicted molar refractivity (Wildman–Crippen MR) is 70.5 cm³/mol. The zero-order valence-electron chi connectivity index (χ0n) is 10.0. The summed E-state index contributed by atoms with van der Waals surface area (Å²) in [6, 6.07) is 9.10. The number of aromatic carboxylic acids is 1. The molecule has 20 heavy (non-hydrogen) atoms. The highest BCUT2D eigenvalue weighted by Crippen LogP contribution is 2.28. The fourth-order valence-corrected chi connectivity index (χ4v) is 2.02. The van der Waals surface area contributed by atoms with Gasteiger partial charge in [0.1, 0.15) is 11.9 Å². The average Bonchev–Trinajstić information content (AvgIpc) is 3.10. The maximum atomic E-state index is 11.2. The molecule has 0 aliphatic rings. The van der Waals surface area contributed by atoms with E-state index in [0.29, 0.717) is 5.69 Å². The fourth-order valence-electron chi connectivity index (χ4n) is 1.63. The first-order valence-electron chi connectivity index (χ1n) is 5.57. The average molecular weight is 288 g/mol. The van der Waals surface area contributed by atoms with E-state index in [-0.39, 0.29) is 16.6 Å². The van der Waals surface area contributed by atoms with Crippen molar-refractivity contribution < 1.29 is 14.6 Å². The van der Waals surface area contributed by atoms with E-state index in [9.17, 15) is 9.90 Å². The smallest absolute Gasteiger partial charge is 0.342 e. The third-order valence-corrected chi connectivity index (χ3v) is 3.03. The van der Waals surface area contributed by atoms with Crippen molar-refractivity contribution in [2.24, 2.45) is 0 Å². The van der Waals surface area contributed by atoms with Gasteiger partial charge in [0.25, 0.3) is 5.19 Å². The molecule has 0 amide bonds. The van der Waals surface area contributed by atoms with Crippen molar-refractivity contribution in [3.05, 3.63) is 48.4 Å². The number of carboxylic acids is 1. The van der Waals surface area contributed by atoms with Crippen molar-refractivity contribution >= 4 is 17.5 Å². The SMILES string of the molecule is O=C(O)c1cnn(-c2ccccc2)c1Oc1ncns1. The Morgan fingerprint density at radius 2 is 2.10 bits per heavy atom. The monoisotopic (exact) mass is 288 g/mol. The van der Waals surface area contributed by atoms with Gasteiger partial charge in [-0.3, -0.25) is 0 Å². The second-order valence-electron chi connectivity index (χ2n) is 3.73. The molecule has 0 bridgehead atoms. The highest BCUT2D eigenvalue weighted by molar-refractivity contribution is 7.07. The molecule has 3 rings (SSSR count). The molecule has 7 nitrogen and oxygen atoms in total. The summed E-state index contributed by atoms with van der Waals surface area (Å²) < 4.78 is 10.7. The predicted octanol–water partition coefficient (Wildman–Crippen LogP) is 2.21. The van der Waals surface area contributed by atoms with E-state index < -0.39 is 5.97 Å². The molecule has 0 saturated carbocycles. The number of ether oxygens (including phenoxy) is 1. The zero-order valence-corrected chi connectivity index (χ0v) is 10.8. The molecule has 2 heterocycles. The minimum Gasteiger partial charge on any atom is -0.477 e. The Morgan fingerprint density at radius 1 is 1.30 bits per heavy atom. The number of hydrogen-bond acceptors (Lipinski definition) is 6. The van der Waals surface area contributed by atoms with Gasteiger partial charge in [-0.1, -0.05) is 18.2 Å². The second-order valence-corrected chi connectivity index (χ2v) is 4.47. The molecule has 0 fully saturated rings. The summed E-state index contributed by atoms with van der Waals surface area (Å²) in [5.74, 6) is -1.02. The lowest BCUT2D eigenvalue weighted by Crippen LogP contribution is -2.03. The topological polar surface area (TPSA) is 90.1 Å². The first-order chi connectivity index (χ1) is 9.75. The Labute approximate surface area is 117 Å². The van der Waals surface area contributed by atoms with Crippen LogP contribution in [-0.2, 0) is 0 Å². The number of carbonyl (C=O) groups is 1. The first kappa shape index (κ1) is 12.3. The van der Waals surface area contributed by atoms with Crippen molar-refractivity contribution in [2.45, 2.75) is 0 Å². The Kier molecular flexibility index (Phi) is 3.13. The second kappa shape index (κ2) is 5.10. The van der Waals surface area contributed by atoms with E-state index in [1.807, 2.05) is 18.2 Å². The van der Waals surface area contributed by atoms with E-state index in [0.717, 1.165) is 11.5 Å². The van der Waals surface area contributed by atoms with Crippen LogP contribution in [-0.4, -0.2) is 30.2 Å². The van der Waals surface area contributed by atoms with Crippen LogP contribution in [0.5, 0.6) is 11.1 Å². The van der Waals surface area contributed by atoms with Gasteiger partial charge in [0.05, 0.1) is 11.9 Å². The number of rotatable bonds is 4. The largest absolute Gasteiger partial charge is 0.477 e.